The highest BCUT2D eigenvalue weighted by Crippen LogP contribution is 2.28. The largest absolute Gasteiger partial charge is 0.479 e. The molecule has 1 aromatic carbocycles. The molecule has 112 valence electrons. The van der Waals surface area contributed by atoms with E-state index < -0.39 is 12.2 Å². The molecule has 5 heteroatoms. The van der Waals surface area contributed by atoms with E-state index in [1.807, 2.05) is 0 Å². The standard InChI is InChI=1S/C15H22ClNO3/c1-4-5-8-17-15(19)11(3)20-14-7-6-12(10(2)18)9-13(14)16/h6-7,9-11,18H,4-5,8H2,1-3H3,(H,17,19). The fraction of sp³-hybridized carbons (Fsp3) is 0.533. The summed E-state index contributed by atoms with van der Waals surface area (Å²) in [5.74, 6) is 0.281. The summed E-state index contributed by atoms with van der Waals surface area (Å²) < 4.78 is 5.55. The number of benzene rings is 1. The summed E-state index contributed by atoms with van der Waals surface area (Å²) in [4.78, 5) is 11.8. The van der Waals surface area contributed by atoms with E-state index in [0.29, 0.717) is 22.9 Å². The van der Waals surface area contributed by atoms with Crippen LogP contribution in [0.25, 0.3) is 0 Å². The van der Waals surface area contributed by atoms with Crippen molar-refractivity contribution in [1.29, 1.82) is 0 Å². The number of amides is 1. The number of aliphatic hydroxyl groups is 1. The first-order valence-electron chi connectivity index (χ1n) is 6.87. The van der Waals surface area contributed by atoms with Gasteiger partial charge < -0.3 is 15.2 Å². The van der Waals surface area contributed by atoms with Crippen molar-refractivity contribution in [2.24, 2.45) is 0 Å². The molecule has 4 nitrogen and oxygen atoms in total. The van der Waals surface area contributed by atoms with Crippen molar-refractivity contribution in [1.82, 2.24) is 5.32 Å². The number of ether oxygens (including phenoxy) is 1. The fourth-order valence-electron chi connectivity index (χ4n) is 1.65. The molecule has 1 rings (SSSR count). The molecular weight excluding hydrogens is 278 g/mol. The lowest BCUT2D eigenvalue weighted by atomic mass is 10.1. The van der Waals surface area contributed by atoms with Crippen LogP contribution >= 0.6 is 11.6 Å². The van der Waals surface area contributed by atoms with E-state index in [-0.39, 0.29) is 5.91 Å². The van der Waals surface area contributed by atoms with Crippen molar-refractivity contribution in [2.45, 2.75) is 45.8 Å². The summed E-state index contributed by atoms with van der Waals surface area (Å²) in [7, 11) is 0. The number of aliphatic hydroxyl groups excluding tert-OH is 1. The second-order valence-electron chi connectivity index (χ2n) is 4.77. The maximum Gasteiger partial charge on any atom is 0.260 e. The highest BCUT2D eigenvalue weighted by atomic mass is 35.5. The average Bonchev–Trinajstić information content (AvgIpc) is 2.40. The number of carbonyl (C=O) groups excluding carboxylic acids is 1. The topological polar surface area (TPSA) is 58.6 Å². The molecule has 0 aliphatic carbocycles. The number of halogens is 1. The van der Waals surface area contributed by atoms with Crippen LogP contribution in [0.2, 0.25) is 5.02 Å². The molecule has 0 saturated heterocycles. The SMILES string of the molecule is CCCCNC(=O)C(C)Oc1ccc(C(C)O)cc1Cl. The summed E-state index contributed by atoms with van der Waals surface area (Å²) in [6.45, 7) is 6.06. The molecule has 0 spiro atoms. The summed E-state index contributed by atoms with van der Waals surface area (Å²) in [6, 6.07) is 5.04. The first kappa shape index (κ1) is 16.8. The summed E-state index contributed by atoms with van der Waals surface area (Å²) in [6.07, 6.45) is 0.780. The third-order valence-electron chi connectivity index (χ3n) is 2.94. The minimum absolute atomic E-state index is 0.158. The quantitative estimate of drug-likeness (QED) is 0.761. The number of carbonyl (C=O) groups is 1. The summed E-state index contributed by atoms with van der Waals surface area (Å²) in [5.41, 5.74) is 0.711. The Balaban J connectivity index is 2.61. The summed E-state index contributed by atoms with van der Waals surface area (Å²) >= 11 is 6.08. The van der Waals surface area contributed by atoms with Crippen molar-refractivity contribution in [3.8, 4) is 5.75 Å². The van der Waals surface area contributed by atoms with Crippen molar-refractivity contribution in [2.75, 3.05) is 6.54 Å². The molecular formula is C15H22ClNO3. The summed E-state index contributed by atoms with van der Waals surface area (Å²) in [5, 5.41) is 12.7. The van der Waals surface area contributed by atoms with Crippen LogP contribution in [0.4, 0.5) is 0 Å². The molecule has 1 aromatic rings. The van der Waals surface area contributed by atoms with Gasteiger partial charge in [0.05, 0.1) is 11.1 Å². The number of unbranched alkanes of at least 4 members (excludes halogenated alkanes) is 1. The normalized spacial score (nSPS) is 13.7. The van der Waals surface area contributed by atoms with Gasteiger partial charge in [0, 0.05) is 6.54 Å². The highest BCUT2D eigenvalue weighted by molar-refractivity contribution is 6.32. The molecule has 0 aromatic heterocycles. The maximum absolute atomic E-state index is 11.8. The Morgan fingerprint density at radius 1 is 1.45 bits per heavy atom. The second-order valence-corrected chi connectivity index (χ2v) is 5.18. The monoisotopic (exact) mass is 299 g/mol. The Hall–Kier alpha value is -1.26. The van der Waals surface area contributed by atoms with Crippen molar-refractivity contribution in [3.05, 3.63) is 28.8 Å². The van der Waals surface area contributed by atoms with Crippen molar-refractivity contribution < 1.29 is 14.6 Å². The Morgan fingerprint density at radius 3 is 2.70 bits per heavy atom. The van der Waals surface area contributed by atoms with Gasteiger partial charge in [0.1, 0.15) is 5.75 Å². The van der Waals surface area contributed by atoms with Crippen molar-refractivity contribution >= 4 is 17.5 Å². The molecule has 0 bridgehead atoms. The zero-order valence-corrected chi connectivity index (χ0v) is 12.9. The smallest absolute Gasteiger partial charge is 0.260 e. The van der Waals surface area contributed by atoms with Gasteiger partial charge in [-0.05, 0) is 38.0 Å². The van der Waals surface area contributed by atoms with Crippen LogP contribution in [0.15, 0.2) is 18.2 Å². The predicted molar refractivity (Wildman–Crippen MR) is 80.1 cm³/mol. The van der Waals surface area contributed by atoms with Gasteiger partial charge in [-0.1, -0.05) is 31.0 Å². The molecule has 20 heavy (non-hydrogen) atoms. The van der Waals surface area contributed by atoms with Gasteiger partial charge in [-0.2, -0.15) is 0 Å². The van der Waals surface area contributed by atoms with Crippen LogP contribution in [-0.4, -0.2) is 23.7 Å². The van der Waals surface area contributed by atoms with Crippen LogP contribution in [0.5, 0.6) is 5.75 Å². The van der Waals surface area contributed by atoms with E-state index >= 15 is 0 Å². The zero-order chi connectivity index (χ0) is 15.1. The van der Waals surface area contributed by atoms with E-state index in [0.717, 1.165) is 12.8 Å². The predicted octanol–water partition coefficient (Wildman–Crippen LogP) is 3.08. The van der Waals surface area contributed by atoms with E-state index in [2.05, 4.69) is 12.2 Å². The molecule has 2 unspecified atom stereocenters. The average molecular weight is 300 g/mol. The van der Waals surface area contributed by atoms with Gasteiger partial charge in [-0.15, -0.1) is 0 Å². The van der Waals surface area contributed by atoms with Gasteiger partial charge in [0.15, 0.2) is 6.10 Å². The molecule has 1 amide bonds. The lowest BCUT2D eigenvalue weighted by Crippen LogP contribution is -2.36. The van der Waals surface area contributed by atoms with Crippen LogP contribution in [0.1, 0.15) is 45.3 Å². The Morgan fingerprint density at radius 2 is 2.15 bits per heavy atom. The molecule has 0 saturated carbocycles. The van der Waals surface area contributed by atoms with Crippen LogP contribution in [0, 0.1) is 0 Å². The molecule has 0 fully saturated rings. The molecule has 0 aliphatic heterocycles. The number of hydrogen-bond acceptors (Lipinski definition) is 3. The first-order valence-corrected chi connectivity index (χ1v) is 7.25. The van der Waals surface area contributed by atoms with E-state index in [1.165, 1.54) is 0 Å². The minimum Gasteiger partial charge on any atom is -0.479 e. The van der Waals surface area contributed by atoms with Crippen LogP contribution < -0.4 is 10.1 Å². The van der Waals surface area contributed by atoms with E-state index in [9.17, 15) is 9.90 Å². The van der Waals surface area contributed by atoms with Crippen molar-refractivity contribution in [3.63, 3.8) is 0 Å². The number of nitrogens with one attached hydrogen (secondary N) is 1. The lowest BCUT2D eigenvalue weighted by Gasteiger charge is -2.16. The second kappa shape index (κ2) is 8.12. The number of rotatable bonds is 7. The van der Waals surface area contributed by atoms with Gasteiger partial charge in [-0.25, -0.2) is 0 Å². The highest BCUT2D eigenvalue weighted by Gasteiger charge is 2.16. The van der Waals surface area contributed by atoms with Gasteiger partial charge in [0.25, 0.3) is 5.91 Å². The lowest BCUT2D eigenvalue weighted by molar-refractivity contribution is -0.127. The molecule has 2 atom stereocenters. The van der Waals surface area contributed by atoms with Gasteiger partial charge in [0.2, 0.25) is 0 Å². The Bertz CT molecular complexity index is 449. The van der Waals surface area contributed by atoms with E-state index in [1.54, 1.807) is 32.0 Å². The van der Waals surface area contributed by atoms with Gasteiger partial charge >= 0.3 is 0 Å². The Labute approximate surface area is 125 Å². The van der Waals surface area contributed by atoms with E-state index in [4.69, 9.17) is 16.3 Å². The molecule has 2 N–H and O–H groups in total. The molecule has 0 radical (unpaired) electrons. The number of hydrogen-bond donors (Lipinski definition) is 2. The molecule has 0 heterocycles. The van der Waals surface area contributed by atoms with Crippen LogP contribution in [0.3, 0.4) is 0 Å². The van der Waals surface area contributed by atoms with Crippen LogP contribution in [-0.2, 0) is 4.79 Å². The first-order chi connectivity index (χ1) is 9.45. The van der Waals surface area contributed by atoms with Gasteiger partial charge in [-0.3, -0.25) is 4.79 Å². The minimum atomic E-state index is -0.609. The third kappa shape index (κ3) is 5.02. The fourth-order valence-corrected chi connectivity index (χ4v) is 1.88. The zero-order valence-electron chi connectivity index (χ0n) is 12.1. The maximum atomic E-state index is 11.8. The molecule has 0 aliphatic rings. The Kier molecular flexibility index (Phi) is 6.82. The third-order valence-corrected chi connectivity index (χ3v) is 3.24.